The molecule has 0 radical (unpaired) electrons. The van der Waals surface area contributed by atoms with E-state index in [4.69, 9.17) is 10.5 Å². The first-order valence-electron chi connectivity index (χ1n) is 5.67. The highest BCUT2D eigenvalue weighted by molar-refractivity contribution is 5.81. The van der Waals surface area contributed by atoms with Crippen LogP contribution in [0.2, 0.25) is 0 Å². The molecule has 0 aliphatic heterocycles. The van der Waals surface area contributed by atoms with Gasteiger partial charge in [0.15, 0.2) is 0 Å². The first-order chi connectivity index (χ1) is 7.15. The van der Waals surface area contributed by atoms with Gasteiger partial charge in [0.05, 0.1) is 6.61 Å². The Labute approximate surface area is 91.5 Å². The summed E-state index contributed by atoms with van der Waals surface area (Å²) in [6.45, 7) is 3.29. The zero-order valence-electron chi connectivity index (χ0n) is 9.66. The van der Waals surface area contributed by atoms with Crippen molar-refractivity contribution in [3.8, 4) is 0 Å². The molecule has 4 heteroatoms. The number of hydrogen-bond acceptors (Lipinski definition) is 3. The zero-order valence-corrected chi connectivity index (χ0v) is 9.66. The molecule has 1 amide bonds. The fraction of sp³-hybridized carbons (Fsp3) is 0.909. The highest BCUT2D eigenvalue weighted by atomic mass is 16.5. The summed E-state index contributed by atoms with van der Waals surface area (Å²) in [7, 11) is 1.55. The van der Waals surface area contributed by atoms with E-state index >= 15 is 0 Å². The van der Waals surface area contributed by atoms with Crippen molar-refractivity contribution in [1.29, 1.82) is 0 Å². The van der Waals surface area contributed by atoms with Crippen LogP contribution in [0, 0.1) is 11.8 Å². The summed E-state index contributed by atoms with van der Waals surface area (Å²) in [6, 6.07) is -0.535. The smallest absolute Gasteiger partial charge is 0.239 e. The Balaban J connectivity index is 2.21. The first kappa shape index (κ1) is 12.5. The lowest BCUT2D eigenvalue weighted by Gasteiger charge is -2.17. The third-order valence-corrected chi connectivity index (χ3v) is 3.26. The molecule has 0 bridgehead atoms. The Morgan fingerprint density at radius 3 is 2.87 bits per heavy atom. The lowest BCUT2D eigenvalue weighted by atomic mass is 9.98. The van der Waals surface area contributed by atoms with Gasteiger partial charge in [0.25, 0.3) is 0 Å². The summed E-state index contributed by atoms with van der Waals surface area (Å²) in [4.78, 5) is 11.5. The van der Waals surface area contributed by atoms with Gasteiger partial charge in [-0.25, -0.2) is 0 Å². The average molecular weight is 214 g/mol. The predicted octanol–water partition coefficient (Wildman–Crippen LogP) is 0.513. The number of hydrogen-bond donors (Lipinski definition) is 2. The molecule has 15 heavy (non-hydrogen) atoms. The molecule has 0 spiro atoms. The van der Waals surface area contributed by atoms with E-state index < -0.39 is 6.04 Å². The summed E-state index contributed by atoms with van der Waals surface area (Å²) in [5.74, 6) is 1.25. The van der Waals surface area contributed by atoms with Gasteiger partial charge >= 0.3 is 0 Å². The fourth-order valence-electron chi connectivity index (χ4n) is 2.14. The number of nitrogens with one attached hydrogen (secondary N) is 1. The Bertz CT molecular complexity index is 209. The van der Waals surface area contributed by atoms with Crippen molar-refractivity contribution in [2.24, 2.45) is 17.6 Å². The number of amides is 1. The van der Waals surface area contributed by atoms with Crippen LogP contribution in [0.1, 0.15) is 26.2 Å². The SMILES string of the molecule is COCC(N)C(=O)NCC1CCCC1C. The van der Waals surface area contributed by atoms with Crippen molar-refractivity contribution in [1.82, 2.24) is 5.32 Å². The van der Waals surface area contributed by atoms with E-state index in [-0.39, 0.29) is 12.5 Å². The summed E-state index contributed by atoms with van der Waals surface area (Å²) in [5.41, 5.74) is 5.61. The van der Waals surface area contributed by atoms with Crippen LogP contribution in [0.15, 0.2) is 0 Å². The first-order valence-corrected chi connectivity index (χ1v) is 5.67. The van der Waals surface area contributed by atoms with E-state index in [1.807, 2.05) is 0 Å². The lowest BCUT2D eigenvalue weighted by Crippen LogP contribution is -2.45. The standard InChI is InChI=1S/C11H22N2O2/c1-8-4-3-5-9(8)6-13-11(14)10(12)7-15-2/h8-10H,3-7,12H2,1-2H3,(H,13,14). The van der Waals surface area contributed by atoms with E-state index in [1.54, 1.807) is 7.11 Å². The molecule has 1 aliphatic carbocycles. The van der Waals surface area contributed by atoms with Crippen molar-refractivity contribution >= 4 is 5.91 Å². The van der Waals surface area contributed by atoms with Crippen LogP contribution in [0.5, 0.6) is 0 Å². The minimum absolute atomic E-state index is 0.101. The molecule has 1 saturated carbocycles. The zero-order chi connectivity index (χ0) is 11.3. The number of nitrogens with two attached hydrogens (primary N) is 1. The normalized spacial score (nSPS) is 27.7. The molecule has 1 aliphatic rings. The van der Waals surface area contributed by atoms with Crippen molar-refractivity contribution in [2.45, 2.75) is 32.2 Å². The summed E-state index contributed by atoms with van der Waals surface area (Å²) in [5, 5.41) is 2.90. The monoisotopic (exact) mass is 214 g/mol. The van der Waals surface area contributed by atoms with E-state index in [0.29, 0.717) is 5.92 Å². The number of carbonyl (C=O) groups is 1. The molecule has 0 saturated heterocycles. The quantitative estimate of drug-likeness (QED) is 0.701. The maximum atomic E-state index is 11.5. The number of rotatable bonds is 5. The molecule has 0 heterocycles. The molecular weight excluding hydrogens is 192 g/mol. The number of carbonyl (C=O) groups excluding carboxylic acids is 1. The van der Waals surface area contributed by atoms with Crippen LogP contribution in [-0.2, 0) is 9.53 Å². The van der Waals surface area contributed by atoms with E-state index in [0.717, 1.165) is 12.5 Å². The molecule has 4 nitrogen and oxygen atoms in total. The van der Waals surface area contributed by atoms with Crippen LogP contribution in [-0.4, -0.2) is 32.2 Å². The second kappa shape index (κ2) is 6.08. The Morgan fingerprint density at radius 2 is 2.33 bits per heavy atom. The fourth-order valence-corrected chi connectivity index (χ4v) is 2.14. The topological polar surface area (TPSA) is 64.3 Å². The van der Waals surface area contributed by atoms with Crippen LogP contribution >= 0.6 is 0 Å². The second-order valence-corrected chi connectivity index (χ2v) is 4.48. The van der Waals surface area contributed by atoms with Gasteiger partial charge in [-0.3, -0.25) is 4.79 Å². The molecule has 0 aromatic rings. The minimum Gasteiger partial charge on any atom is -0.383 e. The molecule has 3 unspecified atom stereocenters. The van der Waals surface area contributed by atoms with Crippen molar-refractivity contribution in [2.75, 3.05) is 20.3 Å². The van der Waals surface area contributed by atoms with Gasteiger partial charge in [-0.2, -0.15) is 0 Å². The van der Waals surface area contributed by atoms with Crippen molar-refractivity contribution in [3.63, 3.8) is 0 Å². The summed E-state index contributed by atoms with van der Waals surface area (Å²) < 4.78 is 4.83. The van der Waals surface area contributed by atoms with Crippen molar-refractivity contribution in [3.05, 3.63) is 0 Å². The molecule has 88 valence electrons. The third kappa shape index (κ3) is 3.80. The molecule has 0 aromatic heterocycles. The molecule has 1 rings (SSSR count). The van der Waals surface area contributed by atoms with Gasteiger partial charge in [0, 0.05) is 13.7 Å². The molecular formula is C11H22N2O2. The second-order valence-electron chi connectivity index (χ2n) is 4.48. The minimum atomic E-state index is -0.535. The van der Waals surface area contributed by atoms with E-state index in [2.05, 4.69) is 12.2 Å². The molecule has 3 atom stereocenters. The molecule has 0 aromatic carbocycles. The lowest BCUT2D eigenvalue weighted by molar-refractivity contribution is -0.123. The van der Waals surface area contributed by atoms with E-state index in [1.165, 1.54) is 19.3 Å². The van der Waals surface area contributed by atoms with E-state index in [9.17, 15) is 4.79 Å². The van der Waals surface area contributed by atoms with Gasteiger partial charge in [-0.15, -0.1) is 0 Å². The Hall–Kier alpha value is -0.610. The number of ether oxygens (including phenoxy) is 1. The Morgan fingerprint density at radius 1 is 1.60 bits per heavy atom. The highest BCUT2D eigenvalue weighted by Crippen LogP contribution is 2.30. The van der Waals surface area contributed by atoms with Gasteiger partial charge in [-0.05, 0) is 18.3 Å². The van der Waals surface area contributed by atoms with Gasteiger partial charge in [-0.1, -0.05) is 19.8 Å². The van der Waals surface area contributed by atoms with Crippen molar-refractivity contribution < 1.29 is 9.53 Å². The maximum absolute atomic E-state index is 11.5. The third-order valence-electron chi connectivity index (χ3n) is 3.26. The predicted molar refractivity (Wildman–Crippen MR) is 59.4 cm³/mol. The van der Waals surface area contributed by atoms with Gasteiger partial charge in [0.1, 0.15) is 6.04 Å². The summed E-state index contributed by atoms with van der Waals surface area (Å²) in [6.07, 6.45) is 3.79. The van der Waals surface area contributed by atoms with Crippen LogP contribution in [0.3, 0.4) is 0 Å². The average Bonchev–Trinajstić information content (AvgIpc) is 2.61. The van der Waals surface area contributed by atoms with Gasteiger partial charge < -0.3 is 15.8 Å². The maximum Gasteiger partial charge on any atom is 0.239 e. The summed E-state index contributed by atoms with van der Waals surface area (Å²) >= 11 is 0. The Kier molecular flexibility index (Phi) is 5.05. The highest BCUT2D eigenvalue weighted by Gasteiger charge is 2.24. The molecule has 3 N–H and O–H groups in total. The molecule has 1 fully saturated rings. The largest absolute Gasteiger partial charge is 0.383 e. The van der Waals surface area contributed by atoms with Crippen LogP contribution in [0.25, 0.3) is 0 Å². The van der Waals surface area contributed by atoms with Gasteiger partial charge in [0.2, 0.25) is 5.91 Å². The van der Waals surface area contributed by atoms with Crippen LogP contribution < -0.4 is 11.1 Å². The van der Waals surface area contributed by atoms with Crippen LogP contribution in [0.4, 0.5) is 0 Å². The number of methoxy groups -OCH3 is 1.